The molecule has 0 unspecified atom stereocenters. The number of nitrogens with one attached hydrogen (secondary N) is 1. The van der Waals surface area contributed by atoms with Crippen LogP contribution in [0.3, 0.4) is 0 Å². The molecular weight excluding hydrogens is 278 g/mol. The number of carbonyl (C=O) groups is 1. The molecule has 1 N–H and O–H groups in total. The molecule has 2 rings (SSSR count). The van der Waals surface area contributed by atoms with Crippen molar-refractivity contribution >= 4 is 17.6 Å². The van der Waals surface area contributed by atoms with Crippen molar-refractivity contribution in [1.29, 1.82) is 0 Å². The van der Waals surface area contributed by atoms with Gasteiger partial charge in [0.1, 0.15) is 5.88 Å². The molecule has 0 aliphatic heterocycles. The van der Waals surface area contributed by atoms with E-state index in [1.54, 1.807) is 13.0 Å². The van der Waals surface area contributed by atoms with E-state index in [4.69, 9.17) is 11.6 Å². The second-order valence-corrected chi connectivity index (χ2v) is 4.00. The lowest BCUT2D eigenvalue weighted by Crippen LogP contribution is -2.03. The lowest BCUT2D eigenvalue weighted by atomic mass is 10.1. The van der Waals surface area contributed by atoms with Crippen molar-refractivity contribution in [2.75, 3.05) is 12.5 Å². The van der Waals surface area contributed by atoms with E-state index in [1.807, 2.05) is 36.4 Å². The Bertz CT molecular complexity index is 581. The fourth-order valence-corrected chi connectivity index (χ4v) is 1.51. The molecule has 1 aromatic heterocycles. The molecule has 1 aromatic carbocycles. The number of H-pyrrole nitrogens is 1. The summed E-state index contributed by atoms with van der Waals surface area (Å²) in [6.07, 6.45) is 0. The highest BCUT2D eigenvalue weighted by Crippen LogP contribution is 2.13. The number of ether oxygens (including phenoxy) is 1. The first-order valence-corrected chi connectivity index (χ1v) is 6.67. The van der Waals surface area contributed by atoms with Crippen molar-refractivity contribution in [2.24, 2.45) is 0 Å². The Morgan fingerprint density at radius 1 is 1.15 bits per heavy atom. The van der Waals surface area contributed by atoms with E-state index in [2.05, 4.69) is 9.72 Å². The van der Waals surface area contributed by atoms with E-state index in [-0.39, 0.29) is 17.4 Å². The third-order valence-corrected chi connectivity index (χ3v) is 2.49. The SMILES string of the molecule is CCOC(=O)CCl.O=c1cccc(-c2ccccc2)[nH]1. The number of benzene rings is 1. The lowest BCUT2D eigenvalue weighted by molar-refractivity contribution is -0.140. The van der Waals surface area contributed by atoms with Crippen LogP contribution < -0.4 is 5.56 Å². The van der Waals surface area contributed by atoms with Gasteiger partial charge in [-0.05, 0) is 18.6 Å². The summed E-state index contributed by atoms with van der Waals surface area (Å²) in [6.45, 7) is 2.15. The van der Waals surface area contributed by atoms with Crippen LogP contribution in [-0.2, 0) is 9.53 Å². The van der Waals surface area contributed by atoms with Crippen LogP contribution in [0.1, 0.15) is 6.92 Å². The van der Waals surface area contributed by atoms with Gasteiger partial charge in [0.05, 0.1) is 6.61 Å². The van der Waals surface area contributed by atoms with Crippen LogP contribution in [0, 0.1) is 0 Å². The van der Waals surface area contributed by atoms with Gasteiger partial charge in [0, 0.05) is 11.8 Å². The minimum Gasteiger partial charge on any atom is -0.465 e. The number of aromatic nitrogens is 1. The molecule has 0 saturated carbocycles. The summed E-state index contributed by atoms with van der Waals surface area (Å²) in [4.78, 5) is 23.8. The second-order valence-electron chi connectivity index (χ2n) is 3.73. The van der Waals surface area contributed by atoms with Gasteiger partial charge in [0.2, 0.25) is 5.56 Å². The van der Waals surface area contributed by atoms with Gasteiger partial charge in [-0.3, -0.25) is 9.59 Å². The number of esters is 1. The van der Waals surface area contributed by atoms with Crippen molar-refractivity contribution in [1.82, 2.24) is 4.98 Å². The standard InChI is InChI=1S/C11H9NO.C4H7ClO2/c13-11-8-4-7-10(12-11)9-5-2-1-3-6-9;1-2-7-4(6)3-5/h1-8H,(H,12,13);2-3H2,1H3. The Kier molecular flexibility index (Phi) is 7.14. The fraction of sp³-hybridized carbons (Fsp3) is 0.200. The number of carbonyl (C=O) groups excluding carboxylic acids is 1. The lowest BCUT2D eigenvalue weighted by Gasteiger charge is -1.98. The summed E-state index contributed by atoms with van der Waals surface area (Å²) in [5.41, 5.74) is 1.81. The van der Waals surface area contributed by atoms with E-state index in [0.29, 0.717) is 6.61 Å². The Hall–Kier alpha value is -2.07. The Morgan fingerprint density at radius 3 is 2.35 bits per heavy atom. The van der Waals surface area contributed by atoms with Crippen LogP contribution in [0.25, 0.3) is 11.3 Å². The number of pyridine rings is 1. The molecule has 20 heavy (non-hydrogen) atoms. The third-order valence-electron chi connectivity index (χ3n) is 2.27. The van der Waals surface area contributed by atoms with Gasteiger partial charge in [-0.25, -0.2) is 0 Å². The van der Waals surface area contributed by atoms with Crippen LogP contribution in [0.15, 0.2) is 53.3 Å². The molecule has 0 radical (unpaired) electrons. The Morgan fingerprint density at radius 2 is 1.85 bits per heavy atom. The molecule has 4 nitrogen and oxygen atoms in total. The zero-order chi connectivity index (χ0) is 14.8. The zero-order valence-electron chi connectivity index (χ0n) is 11.1. The third kappa shape index (κ3) is 5.71. The molecule has 0 aliphatic carbocycles. The number of hydrogen-bond donors (Lipinski definition) is 1. The van der Waals surface area contributed by atoms with E-state index in [1.165, 1.54) is 6.07 Å². The highest BCUT2D eigenvalue weighted by Gasteiger charge is 1.95. The first-order chi connectivity index (χ1) is 9.67. The van der Waals surface area contributed by atoms with Crippen molar-refractivity contribution in [2.45, 2.75) is 6.92 Å². The summed E-state index contributed by atoms with van der Waals surface area (Å²) < 4.78 is 4.42. The monoisotopic (exact) mass is 293 g/mol. The molecule has 5 heteroatoms. The minimum absolute atomic E-state index is 0.0478. The number of rotatable bonds is 3. The zero-order valence-corrected chi connectivity index (χ0v) is 11.9. The molecule has 0 aliphatic rings. The first-order valence-electron chi connectivity index (χ1n) is 6.13. The Balaban J connectivity index is 0.000000246. The first kappa shape index (κ1) is 16.0. The van der Waals surface area contributed by atoms with E-state index < -0.39 is 0 Å². The van der Waals surface area contributed by atoms with E-state index in [9.17, 15) is 9.59 Å². The van der Waals surface area contributed by atoms with Crippen LogP contribution in [0.2, 0.25) is 0 Å². The van der Waals surface area contributed by atoms with E-state index >= 15 is 0 Å². The molecule has 106 valence electrons. The van der Waals surface area contributed by atoms with Gasteiger partial charge in [-0.15, -0.1) is 11.6 Å². The molecule has 0 fully saturated rings. The maximum absolute atomic E-state index is 11.0. The quantitative estimate of drug-likeness (QED) is 0.699. The topological polar surface area (TPSA) is 59.2 Å². The summed E-state index contributed by atoms with van der Waals surface area (Å²) in [7, 11) is 0. The average Bonchev–Trinajstić information content (AvgIpc) is 2.49. The number of alkyl halides is 1. The molecule has 2 aromatic rings. The summed E-state index contributed by atoms with van der Waals surface area (Å²) in [5, 5.41) is 0. The Labute approximate surface area is 122 Å². The average molecular weight is 294 g/mol. The number of halogens is 1. The predicted octanol–water partition coefficient (Wildman–Crippen LogP) is 2.83. The summed E-state index contributed by atoms with van der Waals surface area (Å²) in [6, 6.07) is 14.9. The molecule has 0 bridgehead atoms. The normalized spacial score (nSPS) is 9.30. The molecule has 0 amide bonds. The largest absolute Gasteiger partial charge is 0.465 e. The number of hydrogen-bond acceptors (Lipinski definition) is 3. The van der Waals surface area contributed by atoms with Crippen LogP contribution >= 0.6 is 11.6 Å². The molecule has 0 atom stereocenters. The predicted molar refractivity (Wildman–Crippen MR) is 79.9 cm³/mol. The van der Waals surface area contributed by atoms with E-state index in [0.717, 1.165) is 11.3 Å². The highest BCUT2D eigenvalue weighted by molar-refractivity contribution is 6.26. The molecule has 0 spiro atoms. The minimum atomic E-state index is -0.357. The van der Waals surface area contributed by atoms with Gasteiger partial charge < -0.3 is 9.72 Å². The van der Waals surface area contributed by atoms with Gasteiger partial charge >= 0.3 is 5.97 Å². The van der Waals surface area contributed by atoms with Crippen molar-refractivity contribution in [3.63, 3.8) is 0 Å². The van der Waals surface area contributed by atoms with Crippen LogP contribution in [-0.4, -0.2) is 23.4 Å². The van der Waals surface area contributed by atoms with Crippen molar-refractivity contribution in [3.8, 4) is 11.3 Å². The van der Waals surface area contributed by atoms with Crippen LogP contribution in [0.5, 0.6) is 0 Å². The fourth-order valence-electron chi connectivity index (χ4n) is 1.43. The smallest absolute Gasteiger partial charge is 0.320 e. The van der Waals surface area contributed by atoms with Crippen LogP contribution in [0.4, 0.5) is 0 Å². The number of aromatic amines is 1. The molecular formula is C15H16ClNO3. The summed E-state index contributed by atoms with van der Waals surface area (Å²) in [5.74, 6) is -0.405. The van der Waals surface area contributed by atoms with Gasteiger partial charge in [-0.1, -0.05) is 36.4 Å². The maximum Gasteiger partial charge on any atom is 0.320 e. The molecule has 1 heterocycles. The summed E-state index contributed by atoms with van der Waals surface area (Å²) >= 11 is 5.06. The van der Waals surface area contributed by atoms with Crippen molar-refractivity contribution in [3.05, 3.63) is 58.9 Å². The maximum atomic E-state index is 11.0. The second kappa shape index (κ2) is 8.93. The van der Waals surface area contributed by atoms with Gasteiger partial charge in [0.15, 0.2) is 0 Å². The van der Waals surface area contributed by atoms with Crippen molar-refractivity contribution < 1.29 is 9.53 Å². The van der Waals surface area contributed by atoms with Gasteiger partial charge in [0.25, 0.3) is 0 Å². The molecule has 0 saturated heterocycles. The highest BCUT2D eigenvalue weighted by atomic mass is 35.5. The van der Waals surface area contributed by atoms with Gasteiger partial charge in [-0.2, -0.15) is 0 Å².